The number of halogens is 1. The molecule has 0 amide bonds. The zero-order valence-corrected chi connectivity index (χ0v) is 18.6. The lowest BCUT2D eigenvalue weighted by atomic mass is 9.92. The second-order valence-electron chi connectivity index (χ2n) is 7.39. The minimum Gasteiger partial charge on any atom is -0.399 e. The van der Waals surface area contributed by atoms with E-state index >= 15 is 0 Å². The summed E-state index contributed by atoms with van der Waals surface area (Å²) in [5, 5.41) is 3.55. The molecule has 0 aromatic heterocycles. The van der Waals surface area contributed by atoms with Gasteiger partial charge in [-0.1, -0.05) is 74.0 Å². The van der Waals surface area contributed by atoms with Gasteiger partial charge in [0.25, 0.3) is 0 Å². The molecule has 4 heteroatoms. The molecule has 0 radical (unpaired) electrons. The van der Waals surface area contributed by atoms with E-state index in [4.69, 9.17) is 11.5 Å². The zero-order chi connectivity index (χ0) is 20.7. The fraction of sp³-hybridized carbons (Fsp3) is 0.250. The van der Waals surface area contributed by atoms with Crippen LogP contribution in [0.4, 0.5) is 22.7 Å². The summed E-state index contributed by atoms with van der Waals surface area (Å²) in [6.45, 7) is 8.85. The van der Waals surface area contributed by atoms with E-state index in [-0.39, 0.29) is 0 Å². The van der Waals surface area contributed by atoms with Gasteiger partial charge < -0.3 is 16.8 Å². The second kappa shape index (κ2) is 10.2. The van der Waals surface area contributed by atoms with Crippen LogP contribution in [0.1, 0.15) is 50.7 Å². The average molecular weight is 440 g/mol. The molecule has 0 aliphatic carbocycles. The van der Waals surface area contributed by atoms with Crippen LogP contribution in [-0.2, 0) is 0 Å². The van der Waals surface area contributed by atoms with Gasteiger partial charge in [0.15, 0.2) is 0 Å². The van der Waals surface area contributed by atoms with Crippen molar-refractivity contribution in [1.82, 2.24) is 0 Å². The Hall–Kier alpha value is -2.46. The third kappa shape index (κ3) is 6.03. The summed E-state index contributed by atoms with van der Waals surface area (Å²) in [7, 11) is 0. The largest absolute Gasteiger partial charge is 0.399 e. The number of nitrogens with one attached hydrogen (secondary N) is 1. The standard InChI is InChI=1S/C18H23BrN2.C6H7N/c1-11(2)14-9-13(19)10-15(12(3)4)18(14)21-17-8-6-5-7-16(17)20;7-6-4-2-1-3-5-6/h5-12,21H,20H2,1-4H3;1-5H,7H2. The molecule has 0 fully saturated rings. The van der Waals surface area contributed by atoms with Crippen molar-refractivity contribution >= 4 is 38.7 Å². The van der Waals surface area contributed by atoms with Gasteiger partial charge in [-0.15, -0.1) is 0 Å². The zero-order valence-electron chi connectivity index (χ0n) is 17.0. The second-order valence-corrected chi connectivity index (χ2v) is 8.31. The van der Waals surface area contributed by atoms with Gasteiger partial charge in [-0.2, -0.15) is 0 Å². The topological polar surface area (TPSA) is 64.1 Å². The smallest absolute Gasteiger partial charge is 0.0618 e. The summed E-state index contributed by atoms with van der Waals surface area (Å²) >= 11 is 3.63. The van der Waals surface area contributed by atoms with Crippen LogP contribution in [0.5, 0.6) is 0 Å². The third-order valence-electron chi connectivity index (χ3n) is 4.43. The summed E-state index contributed by atoms with van der Waals surface area (Å²) in [6.07, 6.45) is 0. The van der Waals surface area contributed by atoms with E-state index in [9.17, 15) is 0 Å². The van der Waals surface area contributed by atoms with Gasteiger partial charge in [0.1, 0.15) is 0 Å². The summed E-state index contributed by atoms with van der Waals surface area (Å²) in [6, 6.07) is 21.8. The highest BCUT2D eigenvalue weighted by atomic mass is 79.9. The SMILES string of the molecule is CC(C)c1cc(Br)cc(C(C)C)c1Nc1ccccc1N.Nc1ccccc1. The van der Waals surface area contributed by atoms with E-state index in [0.717, 1.165) is 21.5 Å². The average Bonchev–Trinajstić information content (AvgIpc) is 2.65. The first kappa shape index (κ1) is 21.8. The van der Waals surface area contributed by atoms with Gasteiger partial charge in [-0.25, -0.2) is 0 Å². The Balaban J connectivity index is 0.000000336. The lowest BCUT2D eigenvalue weighted by Crippen LogP contribution is -2.05. The highest BCUT2D eigenvalue weighted by Crippen LogP contribution is 2.38. The van der Waals surface area contributed by atoms with Crippen LogP contribution in [0, 0.1) is 0 Å². The maximum Gasteiger partial charge on any atom is 0.0618 e. The fourth-order valence-corrected chi connectivity index (χ4v) is 3.40. The highest BCUT2D eigenvalue weighted by Gasteiger charge is 2.16. The predicted molar refractivity (Wildman–Crippen MR) is 127 cm³/mol. The van der Waals surface area contributed by atoms with E-state index in [1.807, 2.05) is 54.6 Å². The number of hydrogen-bond acceptors (Lipinski definition) is 3. The van der Waals surface area contributed by atoms with Crippen molar-refractivity contribution in [2.45, 2.75) is 39.5 Å². The molecule has 0 spiro atoms. The van der Waals surface area contributed by atoms with Crippen LogP contribution >= 0.6 is 15.9 Å². The molecule has 3 nitrogen and oxygen atoms in total. The first-order valence-corrected chi connectivity index (χ1v) is 10.3. The molecule has 3 rings (SSSR count). The van der Waals surface area contributed by atoms with Crippen molar-refractivity contribution in [3.8, 4) is 0 Å². The van der Waals surface area contributed by atoms with Gasteiger partial charge in [0, 0.05) is 15.8 Å². The van der Waals surface area contributed by atoms with Crippen LogP contribution < -0.4 is 16.8 Å². The van der Waals surface area contributed by atoms with Crippen molar-refractivity contribution < 1.29 is 0 Å². The van der Waals surface area contributed by atoms with Crippen molar-refractivity contribution in [3.05, 3.63) is 82.3 Å². The summed E-state index contributed by atoms with van der Waals surface area (Å²) < 4.78 is 1.13. The minimum atomic E-state index is 0.437. The van der Waals surface area contributed by atoms with E-state index in [2.05, 4.69) is 61.1 Å². The van der Waals surface area contributed by atoms with E-state index in [1.54, 1.807) is 0 Å². The summed E-state index contributed by atoms with van der Waals surface area (Å²) in [4.78, 5) is 0. The Morgan fingerprint density at radius 3 is 1.68 bits per heavy atom. The van der Waals surface area contributed by atoms with Crippen LogP contribution in [0.15, 0.2) is 71.2 Å². The molecule has 5 N–H and O–H groups in total. The molecule has 3 aromatic rings. The quantitative estimate of drug-likeness (QED) is 0.373. The number of nitrogens with two attached hydrogens (primary N) is 2. The summed E-state index contributed by atoms with van der Waals surface area (Å²) in [5.74, 6) is 0.875. The van der Waals surface area contributed by atoms with E-state index in [0.29, 0.717) is 11.8 Å². The molecule has 28 heavy (non-hydrogen) atoms. The maximum absolute atomic E-state index is 6.08. The molecule has 0 atom stereocenters. The van der Waals surface area contributed by atoms with Crippen molar-refractivity contribution in [2.75, 3.05) is 16.8 Å². The lowest BCUT2D eigenvalue weighted by molar-refractivity contribution is 0.836. The van der Waals surface area contributed by atoms with Crippen LogP contribution in [-0.4, -0.2) is 0 Å². The minimum absolute atomic E-state index is 0.437. The van der Waals surface area contributed by atoms with Crippen molar-refractivity contribution in [2.24, 2.45) is 0 Å². The molecule has 0 heterocycles. The molecule has 0 unspecified atom stereocenters. The molecule has 3 aromatic carbocycles. The van der Waals surface area contributed by atoms with Gasteiger partial charge >= 0.3 is 0 Å². The molecule has 0 saturated carbocycles. The Bertz CT molecular complexity index is 860. The molecule has 0 aliphatic heterocycles. The van der Waals surface area contributed by atoms with Crippen molar-refractivity contribution in [1.29, 1.82) is 0 Å². The number of nitrogen functional groups attached to an aromatic ring is 2. The molecular formula is C24H30BrN3. The molecular weight excluding hydrogens is 410 g/mol. The number of para-hydroxylation sites is 3. The Labute approximate surface area is 177 Å². The van der Waals surface area contributed by atoms with Gasteiger partial charge in [0.2, 0.25) is 0 Å². The lowest BCUT2D eigenvalue weighted by Gasteiger charge is -2.22. The Morgan fingerprint density at radius 1 is 0.750 bits per heavy atom. The van der Waals surface area contributed by atoms with Crippen molar-refractivity contribution in [3.63, 3.8) is 0 Å². The summed E-state index contributed by atoms with van der Waals surface area (Å²) in [5.41, 5.74) is 17.8. The van der Waals surface area contributed by atoms with Crippen LogP contribution in [0.3, 0.4) is 0 Å². The molecule has 0 bridgehead atoms. The van der Waals surface area contributed by atoms with E-state index in [1.165, 1.54) is 16.8 Å². The highest BCUT2D eigenvalue weighted by molar-refractivity contribution is 9.10. The predicted octanol–water partition coefficient (Wildman–Crippen LogP) is 7.29. The first-order valence-electron chi connectivity index (χ1n) is 9.55. The van der Waals surface area contributed by atoms with Crippen LogP contribution in [0.25, 0.3) is 0 Å². The molecule has 0 saturated heterocycles. The van der Waals surface area contributed by atoms with E-state index < -0.39 is 0 Å². The first-order chi connectivity index (χ1) is 13.3. The Kier molecular flexibility index (Phi) is 7.94. The monoisotopic (exact) mass is 439 g/mol. The molecule has 0 aliphatic rings. The molecule has 148 valence electrons. The Morgan fingerprint density at radius 2 is 1.25 bits per heavy atom. The fourth-order valence-electron chi connectivity index (χ4n) is 2.90. The van der Waals surface area contributed by atoms with Gasteiger partial charge in [-0.05, 0) is 59.4 Å². The number of hydrogen-bond donors (Lipinski definition) is 3. The third-order valence-corrected chi connectivity index (χ3v) is 4.89. The number of anilines is 4. The van der Waals surface area contributed by atoms with Crippen LogP contribution in [0.2, 0.25) is 0 Å². The normalized spacial score (nSPS) is 10.5. The van der Waals surface area contributed by atoms with Gasteiger partial charge in [-0.3, -0.25) is 0 Å². The number of benzene rings is 3. The van der Waals surface area contributed by atoms with Gasteiger partial charge in [0.05, 0.1) is 11.4 Å². The number of rotatable bonds is 4. The maximum atomic E-state index is 6.08.